The first-order valence-electron chi connectivity index (χ1n) is 6.59. The van der Waals surface area contributed by atoms with Crippen LogP contribution in [0.2, 0.25) is 0 Å². The predicted molar refractivity (Wildman–Crippen MR) is 81.3 cm³/mol. The second-order valence-electron chi connectivity index (χ2n) is 5.58. The SMILES string of the molecule is CC1(C)CNCCN1CC(=O)Nc1ccc(Br)cc1F. The van der Waals surface area contributed by atoms with Gasteiger partial charge in [-0.1, -0.05) is 15.9 Å². The smallest absolute Gasteiger partial charge is 0.238 e. The Morgan fingerprint density at radius 3 is 2.95 bits per heavy atom. The van der Waals surface area contributed by atoms with E-state index in [1.165, 1.54) is 6.07 Å². The Kier molecular flexibility index (Phi) is 4.78. The summed E-state index contributed by atoms with van der Waals surface area (Å²) in [5, 5.41) is 5.93. The topological polar surface area (TPSA) is 44.4 Å². The fourth-order valence-electron chi connectivity index (χ4n) is 2.27. The summed E-state index contributed by atoms with van der Waals surface area (Å²) >= 11 is 3.19. The highest BCUT2D eigenvalue weighted by atomic mass is 79.9. The first kappa shape index (κ1) is 15.4. The summed E-state index contributed by atoms with van der Waals surface area (Å²) in [5.41, 5.74) is 0.138. The molecule has 1 aromatic rings. The van der Waals surface area contributed by atoms with Crippen molar-refractivity contribution >= 4 is 27.5 Å². The maximum absolute atomic E-state index is 13.7. The first-order valence-corrected chi connectivity index (χ1v) is 7.38. The monoisotopic (exact) mass is 343 g/mol. The van der Waals surface area contributed by atoms with E-state index in [0.29, 0.717) is 4.47 Å². The molecule has 1 aromatic carbocycles. The summed E-state index contributed by atoms with van der Waals surface area (Å²) in [4.78, 5) is 14.2. The average Bonchev–Trinajstić information content (AvgIpc) is 2.35. The lowest BCUT2D eigenvalue weighted by atomic mass is 10.0. The molecule has 1 saturated heterocycles. The van der Waals surface area contributed by atoms with Crippen molar-refractivity contribution in [3.05, 3.63) is 28.5 Å². The molecule has 0 spiro atoms. The van der Waals surface area contributed by atoms with Crippen LogP contribution >= 0.6 is 15.9 Å². The van der Waals surface area contributed by atoms with E-state index in [0.717, 1.165) is 19.6 Å². The minimum Gasteiger partial charge on any atom is -0.322 e. The molecular weight excluding hydrogens is 325 g/mol. The lowest BCUT2D eigenvalue weighted by molar-refractivity contribution is -0.119. The maximum atomic E-state index is 13.7. The number of rotatable bonds is 3. The van der Waals surface area contributed by atoms with Gasteiger partial charge in [0.25, 0.3) is 0 Å². The fourth-order valence-corrected chi connectivity index (χ4v) is 2.60. The van der Waals surface area contributed by atoms with Gasteiger partial charge in [-0.15, -0.1) is 0 Å². The van der Waals surface area contributed by atoms with Crippen LogP contribution in [0.3, 0.4) is 0 Å². The predicted octanol–water partition coefficient (Wildman–Crippen LogP) is 2.21. The molecule has 4 nitrogen and oxygen atoms in total. The molecule has 1 aliphatic rings. The number of hydrogen-bond donors (Lipinski definition) is 2. The van der Waals surface area contributed by atoms with Crippen LogP contribution in [0.25, 0.3) is 0 Å². The molecule has 0 saturated carbocycles. The number of hydrogen-bond acceptors (Lipinski definition) is 3. The Morgan fingerprint density at radius 1 is 1.55 bits per heavy atom. The molecule has 0 aromatic heterocycles. The Hall–Kier alpha value is -0.980. The molecule has 0 radical (unpaired) electrons. The van der Waals surface area contributed by atoms with Crippen LogP contribution in [-0.4, -0.2) is 42.5 Å². The Labute approximate surface area is 126 Å². The van der Waals surface area contributed by atoms with Crippen molar-refractivity contribution < 1.29 is 9.18 Å². The highest BCUT2D eigenvalue weighted by Crippen LogP contribution is 2.20. The first-order chi connectivity index (χ1) is 9.38. The van der Waals surface area contributed by atoms with Crippen LogP contribution < -0.4 is 10.6 Å². The van der Waals surface area contributed by atoms with Gasteiger partial charge in [0.1, 0.15) is 5.82 Å². The van der Waals surface area contributed by atoms with E-state index >= 15 is 0 Å². The number of nitrogens with zero attached hydrogens (tertiary/aromatic N) is 1. The summed E-state index contributed by atoms with van der Waals surface area (Å²) in [6, 6.07) is 4.60. The molecule has 0 unspecified atom stereocenters. The van der Waals surface area contributed by atoms with E-state index in [4.69, 9.17) is 0 Å². The van der Waals surface area contributed by atoms with Crippen molar-refractivity contribution in [1.29, 1.82) is 0 Å². The number of anilines is 1. The second kappa shape index (κ2) is 6.20. The Morgan fingerprint density at radius 2 is 2.30 bits per heavy atom. The van der Waals surface area contributed by atoms with Gasteiger partial charge in [0.05, 0.1) is 12.2 Å². The second-order valence-corrected chi connectivity index (χ2v) is 6.50. The molecule has 0 atom stereocenters. The third-order valence-corrected chi connectivity index (χ3v) is 4.01. The van der Waals surface area contributed by atoms with Gasteiger partial charge in [-0.05, 0) is 32.0 Å². The quantitative estimate of drug-likeness (QED) is 0.884. The van der Waals surface area contributed by atoms with Gasteiger partial charge in [-0.3, -0.25) is 9.69 Å². The molecule has 110 valence electrons. The van der Waals surface area contributed by atoms with E-state index in [1.807, 2.05) is 0 Å². The third-order valence-electron chi connectivity index (χ3n) is 3.51. The third kappa shape index (κ3) is 3.77. The van der Waals surface area contributed by atoms with E-state index in [-0.39, 0.29) is 23.7 Å². The normalized spacial score (nSPS) is 18.8. The van der Waals surface area contributed by atoms with E-state index in [1.54, 1.807) is 12.1 Å². The Bertz CT molecular complexity index is 507. The summed E-state index contributed by atoms with van der Waals surface area (Å²) in [6.45, 7) is 6.96. The summed E-state index contributed by atoms with van der Waals surface area (Å²) in [6.07, 6.45) is 0. The van der Waals surface area contributed by atoms with Crippen molar-refractivity contribution in [2.75, 3.05) is 31.5 Å². The highest BCUT2D eigenvalue weighted by molar-refractivity contribution is 9.10. The number of piperazine rings is 1. The standard InChI is InChI=1S/C14H19BrFN3O/c1-14(2)9-17-5-6-19(14)8-13(20)18-12-4-3-10(15)7-11(12)16/h3-4,7,17H,5-6,8-9H2,1-2H3,(H,18,20). The van der Waals surface area contributed by atoms with E-state index < -0.39 is 5.82 Å². The molecule has 0 bridgehead atoms. The molecule has 20 heavy (non-hydrogen) atoms. The molecule has 6 heteroatoms. The summed E-state index contributed by atoms with van der Waals surface area (Å²) in [5.74, 6) is -0.631. The van der Waals surface area contributed by atoms with Gasteiger partial charge in [-0.25, -0.2) is 4.39 Å². The van der Waals surface area contributed by atoms with Crippen LogP contribution in [0, 0.1) is 5.82 Å². The molecule has 2 N–H and O–H groups in total. The minimum atomic E-state index is -0.438. The van der Waals surface area contributed by atoms with Crippen LogP contribution in [0.15, 0.2) is 22.7 Å². The van der Waals surface area contributed by atoms with Crippen LogP contribution in [0.4, 0.5) is 10.1 Å². The van der Waals surface area contributed by atoms with Gasteiger partial charge >= 0.3 is 0 Å². The zero-order chi connectivity index (χ0) is 14.8. The molecule has 1 amide bonds. The van der Waals surface area contributed by atoms with Gasteiger partial charge in [-0.2, -0.15) is 0 Å². The van der Waals surface area contributed by atoms with Gasteiger partial charge in [0.15, 0.2) is 0 Å². The van der Waals surface area contributed by atoms with E-state index in [9.17, 15) is 9.18 Å². The molecule has 1 heterocycles. The lowest BCUT2D eigenvalue weighted by Crippen LogP contribution is -2.59. The zero-order valence-corrected chi connectivity index (χ0v) is 13.3. The van der Waals surface area contributed by atoms with Gasteiger partial charge in [0, 0.05) is 29.6 Å². The van der Waals surface area contributed by atoms with Gasteiger partial charge in [0.2, 0.25) is 5.91 Å². The molecular formula is C14H19BrFN3O. The van der Waals surface area contributed by atoms with E-state index in [2.05, 4.69) is 45.3 Å². The summed E-state index contributed by atoms with van der Waals surface area (Å²) < 4.78 is 14.3. The molecule has 1 aliphatic heterocycles. The van der Waals surface area contributed by atoms with Crippen molar-refractivity contribution in [3.8, 4) is 0 Å². The fraction of sp³-hybridized carbons (Fsp3) is 0.500. The van der Waals surface area contributed by atoms with Crippen molar-refractivity contribution in [1.82, 2.24) is 10.2 Å². The Balaban J connectivity index is 1.98. The van der Waals surface area contributed by atoms with Gasteiger partial charge < -0.3 is 10.6 Å². The number of carbonyl (C=O) groups excluding carboxylic acids is 1. The number of benzene rings is 1. The lowest BCUT2D eigenvalue weighted by Gasteiger charge is -2.42. The molecule has 2 rings (SSSR count). The van der Waals surface area contributed by atoms with Crippen molar-refractivity contribution in [2.45, 2.75) is 19.4 Å². The van der Waals surface area contributed by atoms with Crippen LogP contribution in [-0.2, 0) is 4.79 Å². The molecule has 0 aliphatic carbocycles. The maximum Gasteiger partial charge on any atom is 0.238 e. The average molecular weight is 344 g/mol. The number of nitrogens with one attached hydrogen (secondary N) is 2. The zero-order valence-electron chi connectivity index (χ0n) is 11.7. The van der Waals surface area contributed by atoms with Crippen molar-refractivity contribution in [2.24, 2.45) is 0 Å². The largest absolute Gasteiger partial charge is 0.322 e. The van der Waals surface area contributed by atoms with Crippen molar-refractivity contribution in [3.63, 3.8) is 0 Å². The number of halogens is 2. The number of amides is 1. The number of carbonyl (C=O) groups is 1. The summed E-state index contributed by atoms with van der Waals surface area (Å²) in [7, 11) is 0. The van der Waals surface area contributed by atoms with Crippen LogP contribution in [0.5, 0.6) is 0 Å². The van der Waals surface area contributed by atoms with Crippen LogP contribution in [0.1, 0.15) is 13.8 Å². The molecule has 1 fully saturated rings. The highest BCUT2D eigenvalue weighted by Gasteiger charge is 2.30. The minimum absolute atomic E-state index is 0.0755.